The first-order valence-corrected chi connectivity index (χ1v) is 8.19. The first kappa shape index (κ1) is 16.9. The third-order valence-corrected chi connectivity index (χ3v) is 4.25. The molecule has 0 unspecified atom stereocenters. The van der Waals surface area contributed by atoms with E-state index in [0.717, 1.165) is 63.0 Å². The van der Waals surface area contributed by atoms with E-state index in [1.54, 1.807) is 14.2 Å². The predicted octanol–water partition coefficient (Wildman–Crippen LogP) is 1.51. The lowest BCUT2D eigenvalue weighted by Crippen LogP contribution is -2.46. The van der Waals surface area contributed by atoms with Crippen molar-refractivity contribution in [2.45, 2.75) is 6.54 Å². The van der Waals surface area contributed by atoms with E-state index in [0.29, 0.717) is 5.89 Å². The summed E-state index contributed by atoms with van der Waals surface area (Å²) in [5.41, 5.74) is 0.902. The van der Waals surface area contributed by atoms with Gasteiger partial charge < -0.3 is 14.0 Å². The summed E-state index contributed by atoms with van der Waals surface area (Å²) < 4.78 is 15.7. The van der Waals surface area contributed by atoms with Gasteiger partial charge in [-0.05, 0) is 24.3 Å². The molecule has 0 bridgehead atoms. The van der Waals surface area contributed by atoms with Crippen LogP contribution in [0.1, 0.15) is 5.82 Å². The highest BCUT2D eigenvalue weighted by Gasteiger charge is 2.19. The van der Waals surface area contributed by atoms with Crippen LogP contribution in [0.4, 0.5) is 0 Å². The second-order valence-corrected chi connectivity index (χ2v) is 5.85. The van der Waals surface area contributed by atoms with Gasteiger partial charge in [-0.3, -0.25) is 9.80 Å². The molecule has 2 heterocycles. The van der Waals surface area contributed by atoms with Gasteiger partial charge in [0, 0.05) is 45.4 Å². The van der Waals surface area contributed by atoms with Crippen molar-refractivity contribution in [3.8, 4) is 17.2 Å². The molecule has 0 atom stereocenters. The molecule has 0 aliphatic carbocycles. The lowest BCUT2D eigenvalue weighted by atomic mass is 10.2. The number of piperazine rings is 1. The number of aromatic nitrogens is 2. The first-order chi connectivity index (χ1) is 11.8. The molecule has 0 saturated carbocycles. The maximum atomic E-state index is 5.38. The van der Waals surface area contributed by atoms with Crippen LogP contribution in [0.2, 0.25) is 0 Å². The molecule has 1 aliphatic rings. The third kappa shape index (κ3) is 4.31. The van der Waals surface area contributed by atoms with Gasteiger partial charge in [0.1, 0.15) is 5.75 Å². The Kier molecular flexibility index (Phi) is 5.79. The van der Waals surface area contributed by atoms with Gasteiger partial charge in [-0.25, -0.2) is 0 Å². The Morgan fingerprint density at radius 3 is 2.42 bits per heavy atom. The van der Waals surface area contributed by atoms with Gasteiger partial charge in [0.2, 0.25) is 0 Å². The predicted molar refractivity (Wildman–Crippen MR) is 89.9 cm³/mol. The van der Waals surface area contributed by atoms with Crippen LogP contribution in [0.3, 0.4) is 0 Å². The van der Waals surface area contributed by atoms with Crippen LogP contribution in [0, 0.1) is 0 Å². The van der Waals surface area contributed by atoms with Crippen molar-refractivity contribution < 1.29 is 14.0 Å². The molecule has 1 aliphatic heterocycles. The van der Waals surface area contributed by atoms with Gasteiger partial charge >= 0.3 is 0 Å². The van der Waals surface area contributed by atoms with Crippen LogP contribution in [-0.2, 0) is 11.3 Å². The highest BCUT2D eigenvalue weighted by atomic mass is 16.5. The second kappa shape index (κ2) is 8.23. The van der Waals surface area contributed by atoms with Crippen molar-refractivity contribution >= 4 is 0 Å². The molecule has 2 aromatic rings. The normalized spacial score (nSPS) is 16.4. The number of hydrogen-bond acceptors (Lipinski definition) is 7. The van der Waals surface area contributed by atoms with Crippen molar-refractivity contribution in [1.29, 1.82) is 0 Å². The maximum Gasteiger partial charge on any atom is 0.257 e. The monoisotopic (exact) mass is 332 g/mol. The van der Waals surface area contributed by atoms with Crippen LogP contribution in [0.15, 0.2) is 28.8 Å². The standard InChI is InChI=1S/C17H24N4O3/c1-22-12-11-20-7-9-21(10-8-20)13-16-18-17(24-19-16)14-3-5-15(23-2)6-4-14/h3-6H,7-13H2,1-2H3. The zero-order chi connectivity index (χ0) is 16.8. The molecule has 7 heteroatoms. The van der Waals surface area contributed by atoms with E-state index < -0.39 is 0 Å². The van der Waals surface area contributed by atoms with Gasteiger partial charge in [-0.1, -0.05) is 5.16 Å². The lowest BCUT2D eigenvalue weighted by Gasteiger charge is -2.33. The molecule has 3 rings (SSSR count). The van der Waals surface area contributed by atoms with Crippen LogP contribution >= 0.6 is 0 Å². The minimum Gasteiger partial charge on any atom is -0.497 e. The topological polar surface area (TPSA) is 63.9 Å². The van der Waals surface area contributed by atoms with E-state index in [1.807, 2.05) is 24.3 Å². The Morgan fingerprint density at radius 1 is 1.04 bits per heavy atom. The number of hydrogen-bond donors (Lipinski definition) is 0. The number of methoxy groups -OCH3 is 2. The van der Waals surface area contributed by atoms with Gasteiger partial charge in [0.05, 0.1) is 20.3 Å². The largest absolute Gasteiger partial charge is 0.497 e. The molecule has 7 nitrogen and oxygen atoms in total. The van der Waals surface area contributed by atoms with Gasteiger partial charge in [0.25, 0.3) is 5.89 Å². The average Bonchev–Trinajstić information content (AvgIpc) is 3.10. The molecule has 24 heavy (non-hydrogen) atoms. The minimum absolute atomic E-state index is 0.548. The lowest BCUT2D eigenvalue weighted by molar-refractivity contribution is 0.0922. The van der Waals surface area contributed by atoms with Crippen LogP contribution in [0.5, 0.6) is 5.75 Å². The summed E-state index contributed by atoms with van der Waals surface area (Å²) in [7, 11) is 3.39. The first-order valence-electron chi connectivity index (χ1n) is 8.19. The van der Waals surface area contributed by atoms with Gasteiger partial charge in [-0.15, -0.1) is 0 Å². The summed E-state index contributed by atoms with van der Waals surface area (Å²) in [4.78, 5) is 9.27. The summed E-state index contributed by atoms with van der Waals surface area (Å²) in [5.74, 6) is 2.09. The summed E-state index contributed by atoms with van der Waals surface area (Å²) in [6, 6.07) is 7.62. The minimum atomic E-state index is 0.548. The Balaban J connectivity index is 1.53. The Labute approximate surface area is 142 Å². The quantitative estimate of drug-likeness (QED) is 0.761. The van der Waals surface area contributed by atoms with Crippen molar-refractivity contribution in [3.05, 3.63) is 30.1 Å². The second-order valence-electron chi connectivity index (χ2n) is 5.85. The number of benzene rings is 1. The van der Waals surface area contributed by atoms with E-state index in [4.69, 9.17) is 14.0 Å². The Bertz CT molecular complexity index is 621. The highest BCUT2D eigenvalue weighted by Crippen LogP contribution is 2.21. The average molecular weight is 332 g/mol. The molecule has 0 N–H and O–H groups in total. The van der Waals surface area contributed by atoms with E-state index in [1.165, 1.54) is 0 Å². The highest BCUT2D eigenvalue weighted by molar-refractivity contribution is 5.54. The van der Waals surface area contributed by atoms with E-state index in [-0.39, 0.29) is 0 Å². The fourth-order valence-electron chi connectivity index (χ4n) is 2.76. The molecule has 0 radical (unpaired) electrons. The molecule has 1 aromatic carbocycles. The maximum absolute atomic E-state index is 5.38. The van der Waals surface area contributed by atoms with Gasteiger partial charge in [0.15, 0.2) is 5.82 Å². The van der Waals surface area contributed by atoms with Crippen LogP contribution in [-0.4, -0.2) is 73.5 Å². The van der Waals surface area contributed by atoms with Crippen molar-refractivity contribution in [2.24, 2.45) is 0 Å². The summed E-state index contributed by atoms with van der Waals surface area (Å²) in [6.45, 7) is 6.62. The number of rotatable bonds is 7. The molecular formula is C17H24N4O3. The van der Waals surface area contributed by atoms with Crippen LogP contribution < -0.4 is 4.74 Å². The van der Waals surface area contributed by atoms with Crippen molar-refractivity contribution in [1.82, 2.24) is 19.9 Å². The van der Waals surface area contributed by atoms with Gasteiger partial charge in [-0.2, -0.15) is 4.98 Å². The SMILES string of the molecule is COCCN1CCN(Cc2noc(-c3ccc(OC)cc3)n2)CC1. The molecule has 0 amide bonds. The molecule has 130 valence electrons. The Morgan fingerprint density at radius 2 is 1.75 bits per heavy atom. The van der Waals surface area contributed by atoms with E-state index >= 15 is 0 Å². The smallest absolute Gasteiger partial charge is 0.257 e. The third-order valence-electron chi connectivity index (χ3n) is 4.25. The molecule has 0 spiro atoms. The Hall–Kier alpha value is -1.96. The summed E-state index contributed by atoms with van der Waals surface area (Å²) >= 11 is 0. The fraction of sp³-hybridized carbons (Fsp3) is 0.529. The van der Waals surface area contributed by atoms with Crippen molar-refractivity contribution in [2.75, 3.05) is 53.6 Å². The summed E-state index contributed by atoms with van der Waals surface area (Å²) in [6.07, 6.45) is 0. The molecular weight excluding hydrogens is 308 g/mol. The zero-order valence-electron chi connectivity index (χ0n) is 14.3. The molecule has 1 fully saturated rings. The van der Waals surface area contributed by atoms with E-state index in [2.05, 4.69) is 19.9 Å². The van der Waals surface area contributed by atoms with Crippen molar-refractivity contribution in [3.63, 3.8) is 0 Å². The van der Waals surface area contributed by atoms with Crippen LogP contribution in [0.25, 0.3) is 11.5 Å². The molecule has 1 saturated heterocycles. The summed E-state index contributed by atoms with van der Waals surface area (Å²) in [5, 5.41) is 4.11. The number of nitrogens with zero attached hydrogens (tertiary/aromatic N) is 4. The molecule has 1 aromatic heterocycles. The zero-order valence-corrected chi connectivity index (χ0v) is 14.3. The van der Waals surface area contributed by atoms with E-state index in [9.17, 15) is 0 Å². The fourth-order valence-corrected chi connectivity index (χ4v) is 2.76. The number of ether oxygens (including phenoxy) is 2.